The Morgan fingerprint density at radius 3 is 2.86 bits per heavy atom. The van der Waals surface area contributed by atoms with Gasteiger partial charge in [-0.1, -0.05) is 0 Å². The van der Waals surface area contributed by atoms with E-state index in [-0.39, 0.29) is 5.69 Å². The molecule has 2 amide bonds. The third-order valence-corrected chi connectivity index (χ3v) is 3.61. The first-order valence-corrected chi connectivity index (χ1v) is 7.41. The molecule has 2 rings (SSSR count). The molecule has 1 heterocycles. The fraction of sp³-hybridized carbons (Fsp3) is 0.286. The maximum Gasteiger partial charge on any atom is 0.319 e. The summed E-state index contributed by atoms with van der Waals surface area (Å²) in [5.74, 6) is -1.48. The number of urea groups is 1. The fourth-order valence-electron chi connectivity index (χ4n) is 1.74. The molecule has 0 spiro atoms. The summed E-state index contributed by atoms with van der Waals surface area (Å²) in [6.45, 7) is 0.486. The van der Waals surface area contributed by atoms with Gasteiger partial charge in [0.2, 0.25) is 0 Å². The topological polar surface area (TPSA) is 54.0 Å². The summed E-state index contributed by atoms with van der Waals surface area (Å²) >= 11 is 1.61. The Bertz CT molecular complexity index is 590. The van der Waals surface area contributed by atoms with E-state index in [2.05, 4.69) is 15.6 Å². The molecule has 0 radical (unpaired) electrons. The molecule has 0 saturated heterocycles. The molecular formula is C14H15F2N3OS. The minimum absolute atomic E-state index is 0.0447. The Balaban J connectivity index is 1.65. The molecule has 1 aromatic heterocycles. The van der Waals surface area contributed by atoms with Gasteiger partial charge in [-0.15, -0.1) is 11.3 Å². The van der Waals surface area contributed by atoms with Crippen LogP contribution in [-0.4, -0.2) is 17.6 Å². The van der Waals surface area contributed by atoms with Crippen LogP contribution >= 0.6 is 11.3 Å². The molecule has 0 aliphatic carbocycles. The van der Waals surface area contributed by atoms with E-state index in [1.807, 2.05) is 5.38 Å². The molecular weight excluding hydrogens is 296 g/mol. The lowest BCUT2D eigenvalue weighted by atomic mass is 10.2. The average Bonchev–Trinajstić information content (AvgIpc) is 2.95. The number of amides is 2. The molecule has 112 valence electrons. The summed E-state index contributed by atoms with van der Waals surface area (Å²) in [5, 5.41) is 7.97. The molecule has 0 aliphatic rings. The zero-order valence-electron chi connectivity index (χ0n) is 11.2. The van der Waals surface area contributed by atoms with Crippen molar-refractivity contribution in [2.75, 3.05) is 11.9 Å². The summed E-state index contributed by atoms with van der Waals surface area (Å²) < 4.78 is 26.0. The molecule has 0 unspecified atom stereocenters. The highest BCUT2D eigenvalue weighted by Crippen LogP contribution is 2.14. The minimum atomic E-state index is -0.797. The van der Waals surface area contributed by atoms with Crippen LogP contribution in [0.15, 0.2) is 29.8 Å². The Morgan fingerprint density at radius 1 is 1.29 bits per heavy atom. The summed E-state index contributed by atoms with van der Waals surface area (Å²) in [4.78, 5) is 15.7. The second kappa shape index (κ2) is 7.68. The number of aryl methyl sites for hydroxylation is 1. The van der Waals surface area contributed by atoms with Crippen LogP contribution in [0.25, 0.3) is 0 Å². The number of nitrogens with zero attached hydrogens (tertiary/aromatic N) is 1. The zero-order chi connectivity index (χ0) is 15.1. The van der Waals surface area contributed by atoms with Crippen molar-refractivity contribution in [1.82, 2.24) is 10.3 Å². The Morgan fingerprint density at radius 2 is 2.14 bits per heavy atom. The standard InChI is InChI=1S/C14H15F2N3OS/c15-10-4-5-12(11(16)9-10)19-14(20)18-6-2-1-3-13-17-7-8-21-13/h4-5,7-9H,1-3,6H2,(H2,18,19,20). The van der Waals surface area contributed by atoms with Crippen LogP contribution in [0, 0.1) is 11.6 Å². The van der Waals surface area contributed by atoms with Crippen molar-refractivity contribution in [3.05, 3.63) is 46.4 Å². The van der Waals surface area contributed by atoms with Gasteiger partial charge in [-0.2, -0.15) is 0 Å². The predicted molar refractivity (Wildman–Crippen MR) is 78.4 cm³/mol. The number of benzene rings is 1. The number of unbranched alkanes of at least 4 members (excludes halogenated alkanes) is 1. The van der Waals surface area contributed by atoms with E-state index in [1.54, 1.807) is 17.5 Å². The number of halogens is 2. The van der Waals surface area contributed by atoms with Crippen LogP contribution in [0.2, 0.25) is 0 Å². The molecule has 2 aromatic rings. The summed E-state index contributed by atoms with van der Waals surface area (Å²) in [5.41, 5.74) is -0.0447. The van der Waals surface area contributed by atoms with Gasteiger partial charge < -0.3 is 10.6 Å². The number of nitrogens with one attached hydrogen (secondary N) is 2. The first kappa shape index (κ1) is 15.4. The van der Waals surface area contributed by atoms with Crippen LogP contribution in [-0.2, 0) is 6.42 Å². The monoisotopic (exact) mass is 311 g/mol. The first-order chi connectivity index (χ1) is 10.1. The Hall–Kier alpha value is -2.02. The number of aromatic nitrogens is 1. The number of thiazole rings is 1. The van der Waals surface area contributed by atoms with Crippen molar-refractivity contribution in [2.24, 2.45) is 0 Å². The number of hydrogen-bond donors (Lipinski definition) is 2. The summed E-state index contributed by atoms with van der Waals surface area (Å²) in [6, 6.07) is 2.50. The van der Waals surface area contributed by atoms with Crippen LogP contribution < -0.4 is 10.6 Å². The lowest BCUT2D eigenvalue weighted by Crippen LogP contribution is -2.29. The maximum absolute atomic E-state index is 13.3. The molecule has 0 fully saturated rings. The van der Waals surface area contributed by atoms with Crippen molar-refractivity contribution >= 4 is 23.1 Å². The molecule has 0 atom stereocenters. The van der Waals surface area contributed by atoms with Crippen molar-refractivity contribution < 1.29 is 13.6 Å². The second-order valence-electron chi connectivity index (χ2n) is 4.39. The molecule has 0 saturated carbocycles. The summed E-state index contributed by atoms with van der Waals surface area (Å²) in [6.07, 6.45) is 4.37. The molecule has 4 nitrogen and oxygen atoms in total. The third kappa shape index (κ3) is 5.11. The van der Waals surface area contributed by atoms with Gasteiger partial charge in [0, 0.05) is 24.2 Å². The van der Waals surface area contributed by atoms with Gasteiger partial charge in [-0.3, -0.25) is 0 Å². The van der Waals surface area contributed by atoms with Gasteiger partial charge in [-0.05, 0) is 31.4 Å². The Kier molecular flexibility index (Phi) is 5.62. The maximum atomic E-state index is 13.3. The predicted octanol–water partition coefficient (Wildman–Crippen LogP) is 3.57. The number of carbonyl (C=O) groups is 1. The van der Waals surface area contributed by atoms with Crippen molar-refractivity contribution in [3.63, 3.8) is 0 Å². The Labute approximate surface area is 125 Å². The molecule has 21 heavy (non-hydrogen) atoms. The van der Waals surface area contributed by atoms with Crippen molar-refractivity contribution in [1.29, 1.82) is 0 Å². The fourth-order valence-corrected chi connectivity index (χ4v) is 2.40. The lowest BCUT2D eigenvalue weighted by Gasteiger charge is -2.08. The van der Waals surface area contributed by atoms with Gasteiger partial charge in [-0.25, -0.2) is 18.6 Å². The van der Waals surface area contributed by atoms with E-state index in [1.165, 1.54) is 6.07 Å². The van der Waals surface area contributed by atoms with Crippen LogP contribution in [0.1, 0.15) is 17.8 Å². The van der Waals surface area contributed by atoms with Gasteiger partial charge in [0.25, 0.3) is 0 Å². The lowest BCUT2D eigenvalue weighted by molar-refractivity contribution is 0.252. The van der Waals surface area contributed by atoms with E-state index in [4.69, 9.17) is 0 Å². The van der Waals surface area contributed by atoms with Crippen LogP contribution in [0.5, 0.6) is 0 Å². The first-order valence-electron chi connectivity index (χ1n) is 6.53. The highest BCUT2D eigenvalue weighted by atomic mass is 32.1. The van der Waals surface area contributed by atoms with E-state index >= 15 is 0 Å². The van der Waals surface area contributed by atoms with Crippen molar-refractivity contribution in [3.8, 4) is 0 Å². The molecule has 1 aromatic carbocycles. The van der Waals surface area contributed by atoms with E-state index < -0.39 is 17.7 Å². The minimum Gasteiger partial charge on any atom is -0.338 e. The van der Waals surface area contributed by atoms with E-state index in [0.29, 0.717) is 6.54 Å². The van der Waals surface area contributed by atoms with E-state index in [0.717, 1.165) is 36.4 Å². The second-order valence-corrected chi connectivity index (χ2v) is 5.37. The molecule has 0 bridgehead atoms. The highest BCUT2D eigenvalue weighted by molar-refractivity contribution is 7.09. The van der Waals surface area contributed by atoms with Crippen LogP contribution in [0.4, 0.5) is 19.3 Å². The normalized spacial score (nSPS) is 10.4. The van der Waals surface area contributed by atoms with Crippen molar-refractivity contribution in [2.45, 2.75) is 19.3 Å². The average molecular weight is 311 g/mol. The van der Waals surface area contributed by atoms with Gasteiger partial charge in [0.05, 0.1) is 10.7 Å². The van der Waals surface area contributed by atoms with Gasteiger partial charge in [0.1, 0.15) is 11.6 Å². The zero-order valence-corrected chi connectivity index (χ0v) is 12.1. The molecule has 7 heteroatoms. The highest BCUT2D eigenvalue weighted by Gasteiger charge is 2.07. The largest absolute Gasteiger partial charge is 0.338 e. The van der Waals surface area contributed by atoms with E-state index in [9.17, 15) is 13.6 Å². The summed E-state index contributed by atoms with van der Waals surface area (Å²) in [7, 11) is 0. The van der Waals surface area contributed by atoms with Crippen LogP contribution in [0.3, 0.4) is 0 Å². The van der Waals surface area contributed by atoms with Gasteiger partial charge >= 0.3 is 6.03 Å². The number of anilines is 1. The molecule has 0 aliphatic heterocycles. The van der Waals surface area contributed by atoms with Gasteiger partial charge in [0.15, 0.2) is 0 Å². The quantitative estimate of drug-likeness (QED) is 0.801. The molecule has 2 N–H and O–H groups in total. The smallest absolute Gasteiger partial charge is 0.319 e. The number of hydrogen-bond acceptors (Lipinski definition) is 3. The third-order valence-electron chi connectivity index (χ3n) is 2.77. The SMILES string of the molecule is O=C(NCCCCc1nccs1)Nc1ccc(F)cc1F. The number of rotatable bonds is 6. The number of carbonyl (C=O) groups excluding carboxylic acids is 1.